The van der Waals surface area contributed by atoms with Crippen LogP contribution in [-0.4, -0.2) is 74.8 Å². The van der Waals surface area contributed by atoms with E-state index in [-0.39, 0.29) is 5.41 Å². The summed E-state index contributed by atoms with van der Waals surface area (Å²) < 4.78 is 5.48. The Bertz CT molecular complexity index is 566. The van der Waals surface area contributed by atoms with Crippen molar-refractivity contribution in [3.8, 4) is 0 Å². The second-order valence-electron chi connectivity index (χ2n) is 7.69. The predicted octanol–water partition coefficient (Wildman–Crippen LogP) is 1.95. The number of ether oxygens (including phenoxy) is 1. The first kappa shape index (κ1) is 18.2. The third-order valence-corrected chi connectivity index (χ3v) is 5.48. The molecule has 1 atom stereocenters. The van der Waals surface area contributed by atoms with Crippen LogP contribution in [0.5, 0.6) is 0 Å². The van der Waals surface area contributed by atoms with Crippen molar-refractivity contribution in [2.75, 3.05) is 53.0 Å². The molecule has 1 aromatic carbocycles. The van der Waals surface area contributed by atoms with Crippen molar-refractivity contribution in [1.29, 1.82) is 0 Å². The van der Waals surface area contributed by atoms with Gasteiger partial charge in [-0.25, -0.2) is 0 Å². The SMILES string of the molecule is CN=C(NCC(C)(C)c1ccccc1)N1CCC(N2CCOCC2)C1. The lowest BCUT2D eigenvalue weighted by Gasteiger charge is -2.33. The zero-order valence-electron chi connectivity index (χ0n) is 15.9. The molecular formula is C20H32N4O. The van der Waals surface area contributed by atoms with Crippen LogP contribution in [0.15, 0.2) is 35.3 Å². The van der Waals surface area contributed by atoms with Crippen LogP contribution in [0.2, 0.25) is 0 Å². The Labute approximate surface area is 152 Å². The molecule has 2 saturated heterocycles. The zero-order valence-corrected chi connectivity index (χ0v) is 15.9. The molecule has 2 aliphatic heterocycles. The van der Waals surface area contributed by atoms with Crippen LogP contribution in [0.25, 0.3) is 0 Å². The molecule has 0 spiro atoms. The molecule has 5 nitrogen and oxygen atoms in total. The highest BCUT2D eigenvalue weighted by atomic mass is 16.5. The molecule has 138 valence electrons. The Balaban J connectivity index is 1.55. The standard InChI is InChI=1S/C20H32N4O/c1-20(2,17-7-5-4-6-8-17)16-22-19(21-3)24-10-9-18(15-24)23-11-13-25-14-12-23/h4-8,18H,9-16H2,1-3H3,(H,21,22). The van der Waals surface area contributed by atoms with Crippen LogP contribution >= 0.6 is 0 Å². The van der Waals surface area contributed by atoms with Crippen molar-refractivity contribution in [2.45, 2.75) is 31.7 Å². The van der Waals surface area contributed by atoms with Gasteiger partial charge >= 0.3 is 0 Å². The molecule has 3 rings (SSSR count). The first-order chi connectivity index (χ1) is 12.1. The van der Waals surface area contributed by atoms with Crippen molar-refractivity contribution < 1.29 is 4.74 Å². The lowest BCUT2D eigenvalue weighted by atomic mass is 9.85. The lowest BCUT2D eigenvalue weighted by Crippen LogP contribution is -2.48. The van der Waals surface area contributed by atoms with Crippen molar-refractivity contribution in [3.05, 3.63) is 35.9 Å². The largest absolute Gasteiger partial charge is 0.379 e. The fraction of sp³-hybridized carbons (Fsp3) is 0.650. The summed E-state index contributed by atoms with van der Waals surface area (Å²) >= 11 is 0. The molecule has 2 aliphatic rings. The second-order valence-corrected chi connectivity index (χ2v) is 7.69. The minimum atomic E-state index is 0.0700. The van der Waals surface area contributed by atoms with E-state index in [0.29, 0.717) is 6.04 Å². The van der Waals surface area contributed by atoms with Crippen LogP contribution in [0.1, 0.15) is 25.8 Å². The summed E-state index contributed by atoms with van der Waals surface area (Å²) in [7, 11) is 1.89. The number of hydrogen-bond donors (Lipinski definition) is 1. The second kappa shape index (κ2) is 8.19. The number of rotatable bonds is 4. The summed E-state index contributed by atoms with van der Waals surface area (Å²) in [4.78, 5) is 9.51. The molecule has 25 heavy (non-hydrogen) atoms. The summed E-state index contributed by atoms with van der Waals surface area (Å²) in [6.07, 6.45) is 1.21. The van der Waals surface area contributed by atoms with E-state index in [2.05, 4.69) is 64.3 Å². The van der Waals surface area contributed by atoms with Crippen LogP contribution in [0.3, 0.4) is 0 Å². The quantitative estimate of drug-likeness (QED) is 0.669. The molecule has 1 aromatic rings. The van der Waals surface area contributed by atoms with Gasteiger partial charge < -0.3 is 15.0 Å². The van der Waals surface area contributed by atoms with Crippen molar-refractivity contribution in [3.63, 3.8) is 0 Å². The molecule has 0 bridgehead atoms. The number of nitrogens with zero attached hydrogens (tertiary/aromatic N) is 3. The molecule has 2 fully saturated rings. The average molecular weight is 345 g/mol. The van der Waals surface area contributed by atoms with Gasteiger partial charge in [-0.05, 0) is 12.0 Å². The van der Waals surface area contributed by atoms with E-state index in [1.165, 1.54) is 12.0 Å². The van der Waals surface area contributed by atoms with Gasteiger partial charge in [-0.1, -0.05) is 44.2 Å². The van der Waals surface area contributed by atoms with Crippen molar-refractivity contribution in [2.24, 2.45) is 4.99 Å². The molecule has 1 unspecified atom stereocenters. The van der Waals surface area contributed by atoms with E-state index < -0.39 is 0 Å². The molecule has 0 aromatic heterocycles. The molecule has 0 amide bonds. The van der Waals surface area contributed by atoms with Gasteiger partial charge in [0.15, 0.2) is 5.96 Å². The fourth-order valence-corrected chi connectivity index (χ4v) is 3.80. The number of benzene rings is 1. The van der Waals surface area contributed by atoms with Gasteiger partial charge in [0.2, 0.25) is 0 Å². The number of nitrogens with one attached hydrogen (secondary N) is 1. The van der Waals surface area contributed by atoms with Crippen LogP contribution < -0.4 is 5.32 Å². The maximum absolute atomic E-state index is 5.48. The molecule has 0 saturated carbocycles. The van der Waals surface area contributed by atoms with Gasteiger partial charge in [0.05, 0.1) is 13.2 Å². The highest BCUT2D eigenvalue weighted by molar-refractivity contribution is 5.80. The van der Waals surface area contributed by atoms with E-state index >= 15 is 0 Å². The highest BCUT2D eigenvalue weighted by Crippen LogP contribution is 2.22. The Morgan fingerprint density at radius 2 is 1.92 bits per heavy atom. The lowest BCUT2D eigenvalue weighted by molar-refractivity contribution is 0.0195. The average Bonchev–Trinajstić information content (AvgIpc) is 3.14. The van der Waals surface area contributed by atoms with Gasteiger partial charge in [0.1, 0.15) is 0 Å². The molecular weight excluding hydrogens is 312 g/mol. The van der Waals surface area contributed by atoms with Gasteiger partial charge in [0, 0.05) is 51.2 Å². The van der Waals surface area contributed by atoms with Crippen molar-refractivity contribution >= 4 is 5.96 Å². The van der Waals surface area contributed by atoms with Gasteiger partial charge in [-0.15, -0.1) is 0 Å². The first-order valence-corrected chi connectivity index (χ1v) is 9.43. The summed E-state index contributed by atoms with van der Waals surface area (Å²) in [6, 6.07) is 11.3. The Morgan fingerprint density at radius 3 is 2.60 bits per heavy atom. The predicted molar refractivity (Wildman–Crippen MR) is 103 cm³/mol. The molecule has 0 radical (unpaired) electrons. The van der Waals surface area contributed by atoms with Gasteiger partial charge in [-0.2, -0.15) is 0 Å². The fourth-order valence-electron chi connectivity index (χ4n) is 3.80. The molecule has 2 heterocycles. The third kappa shape index (κ3) is 4.53. The molecule has 1 N–H and O–H groups in total. The minimum absolute atomic E-state index is 0.0700. The number of aliphatic imine (C=N–C) groups is 1. The number of hydrogen-bond acceptors (Lipinski definition) is 3. The van der Waals surface area contributed by atoms with E-state index in [9.17, 15) is 0 Å². The summed E-state index contributed by atoms with van der Waals surface area (Å²) in [5, 5.41) is 3.61. The summed E-state index contributed by atoms with van der Waals surface area (Å²) in [6.45, 7) is 11.4. The number of morpholine rings is 1. The van der Waals surface area contributed by atoms with Gasteiger partial charge in [-0.3, -0.25) is 9.89 Å². The number of guanidine groups is 1. The normalized spacial score (nSPS) is 23.1. The van der Waals surface area contributed by atoms with E-state index in [4.69, 9.17) is 4.74 Å². The minimum Gasteiger partial charge on any atom is -0.379 e. The summed E-state index contributed by atoms with van der Waals surface area (Å²) in [5.41, 5.74) is 1.42. The van der Waals surface area contributed by atoms with Crippen LogP contribution in [0.4, 0.5) is 0 Å². The van der Waals surface area contributed by atoms with E-state index in [0.717, 1.165) is 51.9 Å². The third-order valence-electron chi connectivity index (χ3n) is 5.48. The first-order valence-electron chi connectivity index (χ1n) is 9.43. The Hall–Kier alpha value is -1.59. The molecule has 5 heteroatoms. The van der Waals surface area contributed by atoms with E-state index in [1.54, 1.807) is 0 Å². The Kier molecular flexibility index (Phi) is 5.97. The van der Waals surface area contributed by atoms with Crippen LogP contribution in [-0.2, 0) is 10.2 Å². The Morgan fingerprint density at radius 1 is 1.20 bits per heavy atom. The number of likely N-dealkylation sites (tertiary alicyclic amines) is 1. The smallest absolute Gasteiger partial charge is 0.193 e. The topological polar surface area (TPSA) is 40.1 Å². The van der Waals surface area contributed by atoms with Crippen molar-refractivity contribution in [1.82, 2.24) is 15.1 Å². The summed E-state index contributed by atoms with van der Waals surface area (Å²) in [5.74, 6) is 1.03. The maximum atomic E-state index is 5.48. The van der Waals surface area contributed by atoms with E-state index in [1.807, 2.05) is 7.05 Å². The highest BCUT2D eigenvalue weighted by Gasteiger charge is 2.31. The van der Waals surface area contributed by atoms with Crippen LogP contribution in [0, 0.1) is 0 Å². The maximum Gasteiger partial charge on any atom is 0.193 e. The zero-order chi connectivity index (χ0) is 17.7. The molecule has 0 aliphatic carbocycles. The van der Waals surface area contributed by atoms with Gasteiger partial charge in [0.25, 0.3) is 0 Å². The monoisotopic (exact) mass is 344 g/mol.